The van der Waals surface area contributed by atoms with E-state index in [1.807, 2.05) is 0 Å². The van der Waals surface area contributed by atoms with Gasteiger partial charge in [0.15, 0.2) is 11.9 Å². The van der Waals surface area contributed by atoms with Gasteiger partial charge in [0.1, 0.15) is 17.3 Å². The van der Waals surface area contributed by atoms with Crippen molar-refractivity contribution in [2.45, 2.75) is 13.0 Å². The molecule has 3 rings (SSSR count). The van der Waals surface area contributed by atoms with Crippen molar-refractivity contribution in [1.82, 2.24) is 4.90 Å². The average Bonchev–Trinajstić information content (AvgIpc) is 2.72. The molecule has 0 aromatic heterocycles. The number of hydrogen-bond donors (Lipinski definition) is 0. The second-order valence-corrected chi connectivity index (χ2v) is 5.75. The van der Waals surface area contributed by atoms with Gasteiger partial charge in [0.25, 0.3) is 11.8 Å². The number of halogens is 1. The van der Waals surface area contributed by atoms with Gasteiger partial charge in [0.05, 0.1) is 24.8 Å². The number of carbonyl (C=O) groups is 3. The minimum atomic E-state index is -0.940. The van der Waals surface area contributed by atoms with E-state index in [9.17, 15) is 18.8 Å². The summed E-state index contributed by atoms with van der Waals surface area (Å²) in [4.78, 5) is 38.7. The summed E-state index contributed by atoms with van der Waals surface area (Å²) in [6, 6.07) is 9.90. The standard InChI is InChI=1S/C19H16FNO5/c1-11-18(23)21(19(24)13-5-3-4-6-17(13)26-11)10-15(22)14-9-12(20)7-8-16(14)25-2/h3-9,11H,10H2,1-2H3. The predicted molar refractivity (Wildman–Crippen MR) is 89.9 cm³/mol. The number of ketones is 1. The van der Waals surface area contributed by atoms with Crippen molar-refractivity contribution in [3.05, 3.63) is 59.4 Å². The molecule has 2 aromatic carbocycles. The number of amides is 2. The lowest BCUT2D eigenvalue weighted by Gasteiger charge is -2.20. The Hall–Kier alpha value is -3.22. The summed E-state index contributed by atoms with van der Waals surface area (Å²) in [5.41, 5.74) is 0.142. The highest BCUT2D eigenvalue weighted by atomic mass is 19.1. The normalized spacial score (nSPS) is 16.6. The molecule has 134 valence electrons. The van der Waals surface area contributed by atoms with E-state index in [-0.39, 0.29) is 22.6 Å². The highest BCUT2D eigenvalue weighted by Crippen LogP contribution is 2.26. The van der Waals surface area contributed by atoms with Crippen LogP contribution in [0, 0.1) is 5.82 Å². The van der Waals surface area contributed by atoms with Crippen LogP contribution in [0.1, 0.15) is 27.6 Å². The summed E-state index contributed by atoms with van der Waals surface area (Å²) in [5, 5.41) is 0. The maximum atomic E-state index is 13.5. The first-order chi connectivity index (χ1) is 12.4. The number of hydrogen-bond acceptors (Lipinski definition) is 5. The number of methoxy groups -OCH3 is 1. The number of fused-ring (bicyclic) bond motifs is 1. The minimum Gasteiger partial charge on any atom is -0.496 e. The summed E-state index contributed by atoms with van der Waals surface area (Å²) in [7, 11) is 1.35. The smallest absolute Gasteiger partial charge is 0.270 e. The molecule has 0 saturated heterocycles. The van der Waals surface area contributed by atoms with Crippen LogP contribution >= 0.6 is 0 Å². The molecule has 0 bridgehead atoms. The minimum absolute atomic E-state index is 0.0424. The Labute approximate surface area is 149 Å². The molecule has 1 aliphatic rings. The summed E-state index contributed by atoms with van der Waals surface area (Å²) in [6.07, 6.45) is -0.940. The SMILES string of the molecule is COc1ccc(F)cc1C(=O)CN1C(=O)c2ccccc2OC(C)C1=O. The molecule has 2 amide bonds. The summed E-state index contributed by atoms with van der Waals surface area (Å²) < 4.78 is 24.1. The van der Waals surface area contributed by atoms with Crippen LogP contribution in [0.2, 0.25) is 0 Å². The topological polar surface area (TPSA) is 72.9 Å². The van der Waals surface area contributed by atoms with Crippen LogP contribution in [0.15, 0.2) is 42.5 Å². The molecule has 1 heterocycles. The van der Waals surface area contributed by atoms with Gasteiger partial charge in [0, 0.05) is 0 Å². The van der Waals surface area contributed by atoms with Gasteiger partial charge in [-0.15, -0.1) is 0 Å². The van der Waals surface area contributed by atoms with E-state index in [0.717, 1.165) is 17.0 Å². The number of nitrogens with zero attached hydrogens (tertiary/aromatic N) is 1. The summed E-state index contributed by atoms with van der Waals surface area (Å²) in [5.74, 6) is -2.08. The number of benzene rings is 2. The second-order valence-electron chi connectivity index (χ2n) is 5.75. The fraction of sp³-hybridized carbons (Fsp3) is 0.211. The first kappa shape index (κ1) is 17.6. The van der Waals surface area contributed by atoms with Crippen LogP contribution in [0.3, 0.4) is 0 Å². The third-order valence-corrected chi connectivity index (χ3v) is 4.04. The monoisotopic (exact) mass is 357 g/mol. The van der Waals surface area contributed by atoms with Crippen LogP contribution in [0.4, 0.5) is 4.39 Å². The lowest BCUT2D eigenvalue weighted by atomic mass is 10.1. The molecular weight excluding hydrogens is 341 g/mol. The van der Waals surface area contributed by atoms with Gasteiger partial charge in [-0.3, -0.25) is 19.3 Å². The molecule has 0 radical (unpaired) electrons. The second kappa shape index (κ2) is 6.95. The van der Waals surface area contributed by atoms with Gasteiger partial charge in [-0.05, 0) is 37.3 Å². The van der Waals surface area contributed by atoms with E-state index < -0.39 is 36.1 Å². The fourth-order valence-corrected chi connectivity index (χ4v) is 2.73. The molecule has 0 fully saturated rings. The Bertz CT molecular complexity index is 895. The van der Waals surface area contributed by atoms with E-state index in [1.54, 1.807) is 18.2 Å². The molecule has 1 atom stereocenters. The highest BCUT2D eigenvalue weighted by molar-refractivity contribution is 6.12. The van der Waals surface area contributed by atoms with E-state index in [4.69, 9.17) is 9.47 Å². The van der Waals surface area contributed by atoms with Crippen LogP contribution in [0.5, 0.6) is 11.5 Å². The van der Waals surface area contributed by atoms with Crippen molar-refractivity contribution in [1.29, 1.82) is 0 Å². The Morgan fingerprint density at radius 3 is 2.69 bits per heavy atom. The Balaban J connectivity index is 1.95. The lowest BCUT2D eigenvalue weighted by Crippen LogP contribution is -2.44. The van der Waals surface area contributed by atoms with Gasteiger partial charge < -0.3 is 9.47 Å². The molecule has 2 aromatic rings. The largest absolute Gasteiger partial charge is 0.496 e. The molecule has 1 aliphatic heterocycles. The van der Waals surface area contributed by atoms with Crippen LogP contribution in [-0.2, 0) is 4.79 Å². The summed E-state index contributed by atoms with van der Waals surface area (Å²) in [6.45, 7) is 0.956. The average molecular weight is 357 g/mol. The van der Waals surface area contributed by atoms with Gasteiger partial charge in [-0.2, -0.15) is 0 Å². The van der Waals surface area contributed by atoms with Gasteiger partial charge in [0.2, 0.25) is 0 Å². The summed E-state index contributed by atoms with van der Waals surface area (Å²) >= 11 is 0. The maximum Gasteiger partial charge on any atom is 0.270 e. The Kier molecular flexibility index (Phi) is 4.71. The maximum absolute atomic E-state index is 13.5. The molecule has 0 aliphatic carbocycles. The lowest BCUT2D eigenvalue weighted by molar-refractivity contribution is -0.134. The van der Waals surface area contributed by atoms with Crippen molar-refractivity contribution in [2.75, 3.05) is 13.7 Å². The fourth-order valence-electron chi connectivity index (χ4n) is 2.73. The van der Waals surface area contributed by atoms with E-state index >= 15 is 0 Å². The molecule has 6 nitrogen and oxygen atoms in total. The van der Waals surface area contributed by atoms with Crippen molar-refractivity contribution >= 4 is 17.6 Å². The van der Waals surface area contributed by atoms with Crippen LogP contribution in [0.25, 0.3) is 0 Å². The molecule has 0 N–H and O–H groups in total. The van der Waals surface area contributed by atoms with Crippen molar-refractivity contribution in [2.24, 2.45) is 0 Å². The molecule has 7 heteroatoms. The number of Topliss-reactive ketones (excluding diaryl/α,β-unsaturated/α-hetero) is 1. The molecular formula is C19H16FNO5. The zero-order chi connectivity index (χ0) is 18.8. The first-order valence-corrected chi connectivity index (χ1v) is 7.90. The number of carbonyl (C=O) groups excluding carboxylic acids is 3. The van der Waals surface area contributed by atoms with Crippen molar-refractivity contribution in [3.63, 3.8) is 0 Å². The molecule has 0 saturated carbocycles. The zero-order valence-electron chi connectivity index (χ0n) is 14.2. The van der Waals surface area contributed by atoms with E-state index in [1.165, 1.54) is 26.2 Å². The molecule has 0 spiro atoms. The van der Waals surface area contributed by atoms with Gasteiger partial charge in [-0.1, -0.05) is 12.1 Å². The van der Waals surface area contributed by atoms with Crippen LogP contribution in [-0.4, -0.2) is 42.3 Å². The number of imide groups is 1. The third-order valence-electron chi connectivity index (χ3n) is 4.04. The van der Waals surface area contributed by atoms with Gasteiger partial charge in [-0.25, -0.2) is 4.39 Å². The van der Waals surface area contributed by atoms with Gasteiger partial charge >= 0.3 is 0 Å². The van der Waals surface area contributed by atoms with Crippen molar-refractivity contribution < 1.29 is 28.2 Å². The van der Waals surface area contributed by atoms with Crippen molar-refractivity contribution in [3.8, 4) is 11.5 Å². The van der Waals surface area contributed by atoms with Crippen LogP contribution < -0.4 is 9.47 Å². The molecule has 26 heavy (non-hydrogen) atoms. The molecule has 1 unspecified atom stereocenters. The number of para-hydroxylation sites is 1. The predicted octanol–water partition coefficient (Wildman–Crippen LogP) is 2.47. The first-order valence-electron chi connectivity index (χ1n) is 7.90. The number of rotatable bonds is 4. The zero-order valence-corrected chi connectivity index (χ0v) is 14.2. The Morgan fingerprint density at radius 2 is 1.96 bits per heavy atom. The quantitative estimate of drug-likeness (QED) is 0.621. The van der Waals surface area contributed by atoms with E-state index in [0.29, 0.717) is 0 Å². The highest BCUT2D eigenvalue weighted by Gasteiger charge is 2.35. The van der Waals surface area contributed by atoms with E-state index in [2.05, 4.69) is 0 Å². The Morgan fingerprint density at radius 1 is 1.23 bits per heavy atom. The number of ether oxygens (including phenoxy) is 2. The third kappa shape index (κ3) is 3.15.